The van der Waals surface area contributed by atoms with E-state index in [9.17, 15) is 14.4 Å². The van der Waals surface area contributed by atoms with Crippen LogP contribution in [-0.2, 0) is 20.9 Å². The lowest BCUT2D eigenvalue weighted by molar-refractivity contribution is -0.131. The first-order valence-corrected chi connectivity index (χ1v) is 10.1. The second kappa shape index (κ2) is 9.97. The smallest absolute Gasteiger partial charge is 0.242 e. The van der Waals surface area contributed by atoms with Gasteiger partial charge >= 0.3 is 0 Å². The monoisotopic (exact) mass is 425 g/mol. The molecule has 2 N–H and O–H groups in total. The molecule has 0 aliphatic carbocycles. The number of carbonyl (C=O) groups excluding carboxylic acids is 3. The van der Waals surface area contributed by atoms with Gasteiger partial charge in [0.1, 0.15) is 17.5 Å². The first-order chi connectivity index (χ1) is 14.9. The van der Waals surface area contributed by atoms with Gasteiger partial charge in [-0.2, -0.15) is 0 Å². The van der Waals surface area contributed by atoms with Crippen LogP contribution in [0.4, 0.5) is 5.69 Å². The Morgan fingerprint density at radius 2 is 1.81 bits per heavy atom. The molecule has 2 atom stereocenters. The van der Waals surface area contributed by atoms with E-state index < -0.39 is 12.0 Å². The number of amides is 3. The molecule has 3 amide bonds. The van der Waals surface area contributed by atoms with Crippen molar-refractivity contribution in [3.63, 3.8) is 0 Å². The van der Waals surface area contributed by atoms with Crippen LogP contribution >= 0.6 is 0 Å². The summed E-state index contributed by atoms with van der Waals surface area (Å²) in [5.41, 5.74) is 1.55. The summed E-state index contributed by atoms with van der Waals surface area (Å²) < 4.78 is 10.4. The van der Waals surface area contributed by atoms with Gasteiger partial charge in [-0.15, -0.1) is 0 Å². The molecule has 0 saturated carbocycles. The van der Waals surface area contributed by atoms with Crippen LogP contribution in [0.2, 0.25) is 0 Å². The van der Waals surface area contributed by atoms with E-state index in [0.717, 1.165) is 5.56 Å². The van der Waals surface area contributed by atoms with Crippen molar-refractivity contribution in [3.05, 3.63) is 54.1 Å². The molecule has 1 aliphatic heterocycles. The molecule has 164 valence electrons. The summed E-state index contributed by atoms with van der Waals surface area (Å²) in [6.45, 7) is 2.18. The number of nitrogens with one attached hydrogen (secondary N) is 2. The Balaban J connectivity index is 1.53. The van der Waals surface area contributed by atoms with E-state index in [2.05, 4.69) is 10.6 Å². The summed E-state index contributed by atoms with van der Waals surface area (Å²) >= 11 is 0. The average molecular weight is 425 g/mol. The quantitative estimate of drug-likeness (QED) is 0.673. The molecule has 3 rings (SSSR count). The van der Waals surface area contributed by atoms with Gasteiger partial charge in [0.15, 0.2) is 0 Å². The van der Waals surface area contributed by atoms with Crippen molar-refractivity contribution in [2.75, 3.05) is 25.7 Å². The van der Waals surface area contributed by atoms with E-state index in [1.54, 1.807) is 50.3 Å². The summed E-state index contributed by atoms with van der Waals surface area (Å²) in [6.07, 6.45) is 0.105. The zero-order valence-corrected chi connectivity index (χ0v) is 17.9. The fourth-order valence-corrected chi connectivity index (χ4v) is 3.48. The Hall–Kier alpha value is -3.55. The zero-order chi connectivity index (χ0) is 22.4. The number of ether oxygens (including phenoxy) is 2. The second-order valence-corrected chi connectivity index (χ2v) is 7.36. The molecule has 8 nitrogen and oxygen atoms in total. The van der Waals surface area contributed by atoms with Crippen molar-refractivity contribution < 1.29 is 23.9 Å². The number of para-hydroxylation sites is 1. The SMILES string of the molecule is COc1ccc(N2CC(C(=O)N[C@H](C)C(=O)NCc3ccccc3OC)CC2=O)cc1. The van der Waals surface area contributed by atoms with E-state index in [-0.39, 0.29) is 37.2 Å². The second-order valence-electron chi connectivity index (χ2n) is 7.36. The van der Waals surface area contributed by atoms with Crippen molar-refractivity contribution in [1.82, 2.24) is 10.6 Å². The fraction of sp³-hybridized carbons (Fsp3) is 0.348. The van der Waals surface area contributed by atoms with E-state index in [0.29, 0.717) is 17.2 Å². The summed E-state index contributed by atoms with van der Waals surface area (Å²) in [5.74, 6) is 0.109. The number of carbonyl (C=O) groups is 3. The fourth-order valence-electron chi connectivity index (χ4n) is 3.48. The van der Waals surface area contributed by atoms with Gasteiger partial charge in [-0.05, 0) is 37.3 Å². The van der Waals surface area contributed by atoms with Crippen molar-refractivity contribution in [2.24, 2.45) is 5.92 Å². The lowest BCUT2D eigenvalue weighted by Gasteiger charge is -2.19. The summed E-state index contributed by atoms with van der Waals surface area (Å²) in [6, 6.07) is 13.8. The number of nitrogens with zero attached hydrogens (tertiary/aromatic N) is 1. The minimum Gasteiger partial charge on any atom is -0.497 e. The predicted octanol–water partition coefficient (Wildman–Crippen LogP) is 1.88. The molecule has 31 heavy (non-hydrogen) atoms. The molecule has 8 heteroatoms. The molecule has 1 aliphatic rings. The third kappa shape index (κ3) is 5.33. The number of anilines is 1. The van der Waals surface area contributed by atoms with Crippen LogP contribution < -0.4 is 25.0 Å². The Morgan fingerprint density at radius 3 is 2.48 bits per heavy atom. The zero-order valence-electron chi connectivity index (χ0n) is 17.9. The van der Waals surface area contributed by atoms with Gasteiger partial charge in [-0.1, -0.05) is 18.2 Å². The van der Waals surface area contributed by atoms with Gasteiger partial charge in [0.05, 0.1) is 20.1 Å². The maximum atomic E-state index is 12.6. The van der Waals surface area contributed by atoms with E-state index in [1.165, 1.54) is 0 Å². The molecule has 1 unspecified atom stereocenters. The Bertz CT molecular complexity index is 944. The average Bonchev–Trinajstić information content (AvgIpc) is 3.19. The molecular formula is C23H27N3O5. The van der Waals surface area contributed by atoms with E-state index in [4.69, 9.17) is 9.47 Å². The number of rotatable bonds is 8. The Kier molecular flexibility index (Phi) is 7.12. The minimum atomic E-state index is -0.729. The van der Waals surface area contributed by atoms with Crippen molar-refractivity contribution in [3.8, 4) is 11.5 Å². The largest absolute Gasteiger partial charge is 0.497 e. The third-order valence-corrected chi connectivity index (χ3v) is 5.28. The minimum absolute atomic E-state index is 0.105. The molecule has 0 spiro atoms. The maximum absolute atomic E-state index is 12.6. The van der Waals surface area contributed by atoms with Crippen LogP contribution in [0.1, 0.15) is 18.9 Å². The number of hydrogen-bond acceptors (Lipinski definition) is 5. The number of methoxy groups -OCH3 is 2. The van der Waals surface area contributed by atoms with Gasteiger partial charge in [-0.3, -0.25) is 14.4 Å². The molecule has 0 aromatic heterocycles. The van der Waals surface area contributed by atoms with Gasteiger partial charge in [0.2, 0.25) is 17.7 Å². The van der Waals surface area contributed by atoms with E-state index in [1.807, 2.05) is 24.3 Å². The standard InChI is InChI=1S/C23H27N3O5/c1-15(22(28)24-13-16-6-4-5-7-20(16)31-3)25-23(29)17-12-21(27)26(14-17)18-8-10-19(30-2)11-9-18/h4-11,15,17H,12-14H2,1-3H3,(H,24,28)(H,25,29)/t15-,17?/m1/s1. The molecule has 2 aromatic carbocycles. The molecule has 2 aromatic rings. The first-order valence-electron chi connectivity index (χ1n) is 10.1. The highest BCUT2D eigenvalue weighted by atomic mass is 16.5. The highest BCUT2D eigenvalue weighted by molar-refractivity contribution is 6.01. The van der Waals surface area contributed by atoms with Gasteiger partial charge < -0.3 is 25.0 Å². The lowest BCUT2D eigenvalue weighted by Crippen LogP contribution is -2.47. The summed E-state index contributed by atoms with van der Waals surface area (Å²) in [4.78, 5) is 39.1. The van der Waals surface area contributed by atoms with Gasteiger partial charge in [0.25, 0.3) is 0 Å². The van der Waals surface area contributed by atoms with Gasteiger partial charge in [-0.25, -0.2) is 0 Å². The molecule has 1 heterocycles. The molecule has 1 saturated heterocycles. The van der Waals surface area contributed by atoms with Crippen LogP contribution in [0, 0.1) is 5.92 Å². The van der Waals surface area contributed by atoms with Crippen LogP contribution in [0.5, 0.6) is 11.5 Å². The molecule has 0 bridgehead atoms. The van der Waals surface area contributed by atoms with Gasteiger partial charge in [0, 0.05) is 30.8 Å². The van der Waals surface area contributed by atoms with Crippen LogP contribution in [0.3, 0.4) is 0 Å². The Morgan fingerprint density at radius 1 is 1.10 bits per heavy atom. The highest BCUT2D eigenvalue weighted by Crippen LogP contribution is 2.27. The lowest BCUT2D eigenvalue weighted by atomic mass is 10.1. The summed E-state index contributed by atoms with van der Waals surface area (Å²) in [5, 5.41) is 5.52. The van der Waals surface area contributed by atoms with Crippen molar-refractivity contribution in [1.29, 1.82) is 0 Å². The molecular weight excluding hydrogens is 398 g/mol. The molecule has 0 radical (unpaired) electrons. The Labute approximate surface area is 181 Å². The van der Waals surface area contributed by atoms with Crippen LogP contribution in [0.25, 0.3) is 0 Å². The normalized spacial score (nSPS) is 16.5. The van der Waals surface area contributed by atoms with Crippen molar-refractivity contribution in [2.45, 2.75) is 25.9 Å². The van der Waals surface area contributed by atoms with E-state index >= 15 is 0 Å². The van der Waals surface area contributed by atoms with Crippen LogP contribution in [-0.4, -0.2) is 44.5 Å². The maximum Gasteiger partial charge on any atom is 0.242 e. The third-order valence-electron chi connectivity index (χ3n) is 5.28. The molecule has 1 fully saturated rings. The van der Waals surface area contributed by atoms with Crippen molar-refractivity contribution >= 4 is 23.4 Å². The number of benzene rings is 2. The van der Waals surface area contributed by atoms with Crippen LogP contribution in [0.15, 0.2) is 48.5 Å². The highest BCUT2D eigenvalue weighted by Gasteiger charge is 2.36. The summed E-state index contributed by atoms with van der Waals surface area (Å²) in [7, 11) is 3.14. The topological polar surface area (TPSA) is 97.0 Å². The number of hydrogen-bond donors (Lipinski definition) is 2. The first kappa shape index (κ1) is 22.1. The predicted molar refractivity (Wildman–Crippen MR) is 116 cm³/mol.